The van der Waals surface area contributed by atoms with E-state index in [-0.39, 0.29) is 5.54 Å². The first-order valence-electron chi connectivity index (χ1n) is 5.19. The standard InChI is InChI=1S/C12H18N2/c1-9-3-4-11(7-10(9)2)14-8-12(13)5-6-12/h3-4,7,14H,5-6,8,13H2,1-2H3. The number of hydrogen-bond donors (Lipinski definition) is 2. The molecule has 0 aromatic heterocycles. The van der Waals surface area contributed by atoms with Crippen molar-refractivity contribution in [3.05, 3.63) is 29.3 Å². The average molecular weight is 190 g/mol. The predicted molar refractivity (Wildman–Crippen MR) is 60.6 cm³/mol. The highest BCUT2D eigenvalue weighted by atomic mass is 15.0. The number of rotatable bonds is 3. The molecule has 0 radical (unpaired) electrons. The Labute approximate surface area is 85.5 Å². The molecule has 2 nitrogen and oxygen atoms in total. The van der Waals surface area contributed by atoms with Crippen LogP contribution in [0.2, 0.25) is 0 Å². The van der Waals surface area contributed by atoms with Gasteiger partial charge >= 0.3 is 0 Å². The van der Waals surface area contributed by atoms with E-state index in [2.05, 4.69) is 37.4 Å². The molecule has 3 N–H and O–H groups in total. The summed E-state index contributed by atoms with van der Waals surface area (Å²) in [5.74, 6) is 0. The van der Waals surface area contributed by atoms with E-state index in [1.54, 1.807) is 0 Å². The first-order valence-corrected chi connectivity index (χ1v) is 5.19. The molecule has 0 atom stereocenters. The first-order chi connectivity index (χ1) is 6.59. The van der Waals surface area contributed by atoms with Crippen LogP contribution in [0.3, 0.4) is 0 Å². The number of anilines is 1. The first kappa shape index (κ1) is 9.53. The van der Waals surface area contributed by atoms with Gasteiger partial charge in [-0.25, -0.2) is 0 Å². The molecule has 2 heteroatoms. The van der Waals surface area contributed by atoms with Crippen molar-refractivity contribution in [2.75, 3.05) is 11.9 Å². The fourth-order valence-corrected chi connectivity index (χ4v) is 1.47. The lowest BCUT2D eigenvalue weighted by Crippen LogP contribution is -2.31. The fraction of sp³-hybridized carbons (Fsp3) is 0.500. The van der Waals surface area contributed by atoms with Crippen LogP contribution >= 0.6 is 0 Å². The van der Waals surface area contributed by atoms with Crippen LogP contribution in [0.1, 0.15) is 24.0 Å². The van der Waals surface area contributed by atoms with Crippen molar-refractivity contribution in [2.45, 2.75) is 32.2 Å². The number of nitrogens with one attached hydrogen (secondary N) is 1. The molecule has 2 rings (SSSR count). The van der Waals surface area contributed by atoms with Gasteiger partial charge in [0.05, 0.1) is 0 Å². The molecule has 0 unspecified atom stereocenters. The largest absolute Gasteiger partial charge is 0.383 e. The predicted octanol–water partition coefficient (Wildman–Crippen LogP) is 2.21. The number of benzene rings is 1. The smallest absolute Gasteiger partial charge is 0.0343 e. The van der Waals surface area contributed by atoms with Gasteiger partial charge < -0.3 is 11.1 Å². The third kappa shape index (κ3) is 2.07. The van der Waals surface area contributed by atoms with Gasteiger partial charge in [-0.15, -0.1) is 0 Å². The molecule has 0 aliphatic heterocycles. The van der Waals surface area contributed by atoms with Gasteiger partial charge in [0.2, 0.25) is 0 Å². The van der Waals surface area contributed by atoms with Crippen LogP contribution in [0.5, 0.6) is 0 Å². The van der Waals surface area contributed by atoms with Crippen LogP contribution in [0.15, 0.2) is 18.2 Å². The topological polar surface area (TPSA) is 38.0 Å². The quantitative estimate of drug-likeness (QED) is 0.767. The molecule has 0 saturated heterocycles. The maximum atomic E-state index is 6.00. The molecule has 1 aromatic rings. The van der Waals surface area contributed by atoms with Crippen molar-refractivity contribution < 1.29 is 0 Å². The van der Waals surface area contributed by atoms with Crippen molar-refractivity contribution in [2.24, 2.45) is 5.73 Å². The zero-order valence-corrected chi connectivity index (χ0v) is 8.93. The van der Waals surface area contributed by atoms with Gasteiger partial charge in [-0.3, -0.25) is 0 Å². The van der Waals surface area contributed by atoms with E-state index in [1.807, 2.05) is 0 Å². The average Bonchev–Trinajstić information content (AvgIpc) is 2.87. The van der Waals surface area contributed by atoms with Crippen LogP contribution < -0.4 is 11.1 Å². The monoisotopic (exact) mass is 190 g/mol. The van der Waals surface area contributed by atoms with Gasteiger partial charge in [0.15, 0.2) is 0 Å². The second-order valence-corrected chi connectivity index (χ2v) is 4.51. The maximum Gasteiger partial charge on any atom is 0.0343 e. The van der Waals surface area contributed by atoms with Gasteiger partial charge in [0.25, 0.3) is 0 Å². The lowest BCUT2D eigenvalue weighted by Gasteiger charge is -2.12. The van der Waals surface area contributed by atoms with Gasteiger partial charge in [-0.1, -0.05) is 6.07 Å². The third-order valence-corrected chi connectivity index (χ3v) is 3.04. The van der Waals surface area contributed by atoms with Gasteiger partial charge in [0, 0.05) is 17.8 Å². The zero-order chi connectivity index (χ0) is 10.2. The summed E-state index contributed by atoms with van der Waals surface area (Å²) in [5, 5.41) is 3.39. The summed E-state index contributed by atoms with van der Waals surface area (Å²) < 4.78 is 0. The molecule has 1 saturated carbocycles. The zero-order valence-electron chi connectivity index (χ0n) is 8.93. The maximum absolute atomic E-state index is 6.00. The molecule has 76 valence electrons. The number of nitrogens with two attached hydrogens (primary N) is 1. The summed E-state index contributed by atoms with van der Waals surface area (Å²) >= 11 is 0. The Bertz CT molecular complexity index is 340. The molecule has 0 heterocycles. The minimum absolute atomic E-state index is 0.0821. The van der Waals surface area contributed by atoms with Crippen molar-refractivity contribution in [3.8, 4) is 0 Å². The summed E-state index contributed by atoms with van der Waals surface area (Å²) in [7, 11) is 0. The van der Waals surface area contributed by atoms with Crippen molar-refractivity contribution in [3.63, 3.8) is 0 Å². The van der Waals surface area contributed by atoms with E-state index >= 15 is 0 Å². The van der Waals surface area contributed by atoms with E-state index in [9.17, 15) is 0 Å². The molecular formula is C12H18N2. The van der Waals surface area contributed by atoms with E-state index < -0.39 is 0 Å². The highest BCUT2D eigenvalue weighted by Crippen LogP contribution is 2.32. The Hall–Kier alpha value is -1.02. The van der Waals surface area contributed by atoms with E-state index in [0.29, 0.717) is 0 Å². The van der Waals surface area contributed by atoms with Gasteiger partial charge in [0.1, 0.15) is 0 Å². The summed E-state index contributed by atoms with van der Waals surface area (Å²) in [4.78, 5) is 0. The van der Waals surface area contributed by atoms with Crippen LogP contribution in [-0.2, 0) is 0 Å². The second-order valence-electron chi connectivity index (χ2n) is 4.51. The lowest BCUT2D eigenvalue weighted by molar-refractivity contribution is 0.713. The Kier molecular flexibility index (Phi) is 2.23. The highest BCUT2D eigenvalue weighted by molar-refractivity contribution is 5.48. The summed E-state index contributed by atoms with van der Waals surface area (Å²) in [5.41, 5.74) is 9.93. The van der Waals surface area contributed by atoms with Crippen molar-refractivity contribution in [1.29, 1.82) is 0 Å². The molecule has 1 aliphatic carbocycles. The summed E-state index contributed by atoms with van der Waals surface area (Å²) in [6.07, 6.45) is 2.32. The number of aryl methyl sites for hydroxylation is 2. The third-order valence-electron chi connectivity index (χ3n) is 3.04. The summed E-state index contributed by atoms with van der Waals surface area (Å²) in [6.45, 7) is 5.16. The summed E-state index contributed by atoms with van der Waals surface area (Å²) in [6, 6.07) is 6.45. The normalized spacial score (nSPS) is 17.9. The van der Waals surface area contributed by atoms with Gasteiger partial charge in [-0.05, 0) is 49.9 Å². The second kappa shape index (κ2) is 3.28. The van der Waals surface area contributed by atoms with E-state index in [0.717, 1.165) is 19.4 Å². The van der Waals surface area contributed by atoms with E-state index in [1.165, 1.54) is 16.8 Å². The molecule has 0 amide bonds. The molecule has 1 fully saturated rings. The van der Waals surface area contributed by atoms with Crippen molar-refractivity contribution in [1.82, 2.24) is 0 Å². The number of hydrogen-bond acceptors (Lipinski definition) is 2. The Morgan fingerprint density at radius 2 is 2.00 bits per heavy atom. The molecular weight excluding hydrogens is 172 g/mol. The molecule has 1 aliphatic rings. The van der Waals surface area contributed by atoms with Crippen LogP contribution in [0, 0.1) is 13.8 Å². The highest BCUT2D eigenvalue weighted by Gasteiger charge is 2.37. The van der Waals surface area contributed by atoms with Gasteiger partial charge in [-0.2, -0.15) is 0 Å². The lowest BCUT2D eigenvalue weighted by atomic mass is 10.1. The molecule has 0 spiro atoms. The van der Waals surface area contributed by atoms with Crippen LogP contribution in [0.4, 0.5) is 5.69 Å². The minimum Gasteiger partial charge on any atom is -0.383 e. The Balaban J connectivity index is 1.99. The fourth-order valence-electron chi connectivity index (χ4n) is 1.47. The van der Waals surface area contributed by atoms with Crippen molar-refractivity contribution >= 4 is 5.69 Å². The van der Waals surface area contributed by atoms with E-state index in [4.69, 9.17) is 5.73 Å². The minimum atomic E-state index is 0.0821. The Morgan fingerprint density at radius 1 is 1.29 bits per heavy atom. The molecule has 14 heavy (non-hydrogen) atoms. The van der Waals surface area contributed by atoms with Crippen LogP contribution in [0.25, 0.3) is 0 Å². The molecule has 1 aromatic carbocycles. The SMILES string of the molecule is Cc1ccc(NCC2(N)CC2)cc1C. The molecule has 0 bridgehead atoms. The van der Waals surface area contributed by atoms with Crippen LogP contribution in [-0.4, -0.2) is 12.1 Å². The Morgan fingerprint density at radius 3 is 2.57 bits per heavy atom.